The van der Waals surface area contributed by atoms with E-state index in [4.69, 9.17) is 11.5 Å². The van der Waals surface area contributed by atoms with Crippen molar-refractivity contribution in [2.75, 3.05) is 6.54 Å². The third-order valence-electron chi connectivity index (χ3n) is 2.79. The van der Waals surface area contributed by atoms with Gasteiger partial charge in [-0.2, -0.15) is 0 Å². The quantitative estimate of drug-likeness (QED) is 0.754. The van der Waals surface area contributed by atoms with Gasteiger partial charge in [-0.3, -0.25) is 0 Å². The Morgan fingerprint density at radius 1 is 1.12 bits per heavy atom. The summed E-state index contributed by atoms with van der Waals surface area (Å²) in [6.07, 6.45) is 4.30. The highest BCUT2D eigenvalue weighted by Gasteiger charge is 2.04. The lowest BCUT2D eigenvalue weighted by Gasteiger charge is -2.12. The molecule has 3 heteroatoms. The van der Waals surface area contributed by atoms with Gasteiger partial charge in [0.05, 0.1) is 0 Å². The average Bonchev–Trinajstić information content (AvgIpc) is 2.29. The van der Waals surface area contributed by atoms with Crippen molar-refractivity contribution in [3.8, 4) is 0 Å². The van der Waals surface area contributed by atoms with Gasteiger partial charge in [0, 0.05) is 6.04 Å². The molecule has 1 atom stereocenters. The van der Waals surface area contributed by atoms with E-state index in [1.807, 2.05) is 0 Å². The molecule has 0 bridgehead atoms. The number of aryl methyl sites for hydroxylation is 1. The molecule has 1 aromatic rings. The molecule has 0 radical (unpaired) electrons. The Labute approximate surface area is 105 Å². The first-order valence-corrected chi connectivity index (χ1v) is 5.82. The number of halogens is 1. The SMILES string of the molecule is CCc1ccc([C@@H](N)CCCCN)cc1.Cl. The first kappa shape index (κ1) is 15.4. The lowest BCUT2D eigenvalue weighted by atomic mass is 10.00. The third-order valence-corrected chi connectivity index (χ3v) is 2.79. The van der Waals surface area contributed by atoms with Crippen LogP contribution in [-0.2, 0) is 6.42 Å². The number of rotatable bonds is 6. The smallest absolute Gasteiger partial charge is 0.0294 e. The number of benzene rings is 1. The van der Waals surface area contributed by atoms with Crippen molar-refractivity contribution in [2.24, 2.45) is 11.5 Å². The molecule has 92 valence electrons. The maximum absolute atomic E-state index is 6.09. The van der Waals surface area contributed by atoms with Crippen LogP contribution >= 0.6 is 12.4 Å². The van der Waals surface area contributed by atoms with Crippen LogP contribution in [0.15, 0.2) is 24.3 Å². The van der Waals surface area contributed by atoms with Crippen LogP contribution in [0.2, 0.25) is 0 Å². The second-order valence-electron chi connectivity index (χ2n) is 3.99. The van der Waals surface area contributed by atoms with Crippen LogP contribution in [0.25, 0.3) is 0 Å². The van der Waals surface area contributed by atoms with E-state index in [9.17, 15) is 0 Å². The van der Waals surface area contributed by atoms with Crippen molar-refractivity contribution in [2.45, 2.75) is 38.6 Å². The second-order valence-corrected chi connectivity index (χ2v) is 3.99. The van der Waals surface area contributed by atoms with E-state index >= 15 is 0 Å². The van der Waals surface area contributed by atoms with Gasteiger partial charge in [-0.1, -0.05) is 37.6 Å². The molecule has 0 aliphatic heterocycles. The molecule has 0 heterocycles. The van der Waals surface area contributed by atoms with Crippen LogP contribution in [0.5, 0.6) is 0 Å². The summed E-state index contributed by atoms with van der Waals surface area (Å²) in [6, 6.07) is 8.79. The van der Waals surface area contributed by atoms with Crippen LogP contribution in [0.4, 0.5) is 0 Å². The van der Waals surface area contributed by atoms with Gasteiger partial charge in [0.2, 0.25) is 0 Å². The van der Waals surface area contributed by atoms with E-state index < -0.39 is 0 Å². The van der Waals surface area contributed by atoms with E-state index in [0.29, 0.717) is 0 Å². The van der Waals surface area contributed by atoms with Crippen LogP contribution in [0, 0.1) is 0 Å². The lowest BCUT2D eigenvalue weighted by Crippen LogP contribution is -2.11. The average molecular weight is 243 g/mol. The molecule has 2 nitrogen and oxygen atoms in total. The van der Waals surface area contributed by atoms with Gasteiger partial charge >= 0.3 is 0 Å². The van der Waals surface area contributed by atoms with Crippen LogP contribution in [-0.4, -0.2) is 6.54 Å². The molecule has 16 heavy (non-hydrogen) atoms. The Kier molecular flexibility index (Phi) is 8.26. The summed E-state index contributed by atoms with van der Waals surface area (Å²) in [7, 11) is 0. The molecule has 0 aliphatic carbocycles. The summed E-state index contributed by atoms with van der Waals surface area (Å²) < 4.78 is 0. The minimum atomic E-state index is 0. The first-order valence-electron chi connectivity index (χ1n) is 5.82. The topological polar surface area (TPSA) is 52.0 Å². The van der Waals surface area contributed by atoms with Gasteiger partial charge in [-0.15, -0.1) is 12.4 Å². The van der Waals surface area contributed by atoms with E-state index in [2.05, 4.69) is 31.2 Å². The Hall–Kier alpha value is -0.570. The second kappa shape index (κ2) is 8.57. The maximum atomic E-state index is 6.09. The predicted octanol–water partition coefficient (Wildman–Crippen LogP) is 2.80. The zero-order chi connectivity index (χ0) is 11.1. The van der Waals surface area contributed by atoms with Gasteiger partial charge in [-0.05, 0) is 36.9 Å². The molecule has 0 aliphatic rings. The fraction of sp³-hybridized carbons (Fsp3) is 0.538. The van der Waals surface area contributed by atoms with Crippen molar-refractivity contribution in [3.63, 3.8) is 0 Å². The Bertz CT molecular complexity index is 272. The van der Waals surface area contributed by atoms with Crippen molar-refractivity contribution in [3.05, 3.63) is 35.4 Å². The zero-order valence-electron chi connectivity index (χ0n) is 9.99. The number of hydrogen-bond donors (Lipinski definition) is 2. The molecule has 0 unspecified atom stereocenters. The van der Waals surface area contributed by atoms with E-state index in [0.717, 1.165) is 32.2 Å². The highest BCUT2D eigenvalue weighted by atomic mass is 35.5. The standard InChI is InChI=1S/C13H22N2.ClH/c1-2-11-6-8-12(9-7-11)13(15)5-3-4-10-14;/h6-9,13H,2-5,10,14-15H2,1H3;1H/t13-;/m0./s1. The van der Waals surface area contributed by atoms with Gasteiger partial charge in [0.1, 0.15) is 0 Å². The molecule has 4 N–H and O–H groups in total. The molecule has 0 spiro atoms. The first-order chi connectivity index (χ1) is 7.27. The Morgan fingerprint density at radius 2 is 1.75 bits per heavy atom. The van der Waals surface area contributed by atoms with Crippen molar-refractivity contribution >= 4 is 12.4 Å². The molecular weight excluding hydrogens is 220 g/mol. The summed E-state index contributed by atoms with van der Waals surface area (Å²) in [5, 5.41) is 0. The fourth-order valence-electron chi connectivity index (χ4n) is 1.68. The number of unbranched alkanes of at least 4 members (excludes halogenated alkanes) is 1. The Morgan fingerprint density at radius 3 is 2.25 bits per heavy atom. The fourth-order valence-corrected chi connectivity index (χ4v) is 1.68. The van der Waals surface area contributed by atoms with Crippen molar-refractivity contribution in [1.29, 1.82) is 0 Å². The summed E-state index contributed by atoms with van der Waals surface area (Å²) in [4.78, 5) is 0. The molecule has 0 amide bonds. The van der Waals surface area contributed by atoms with E-state index in [1.165, 1.54) is 11.1 Å². The maximum Gasteiger partial charge on any atom is 0.0294 e. The summed E-state index contributed by atoms with van der Waals surface area (Å²) >= 11 is 0. The lowest BCUT2D eigenvalue weighted by molar-refractivity contribution is 0.591. The van der Waals surface area contributed by atoms with Gasteiger partial charge in [0.15, 0.2) is 0 Å². The largest absolute Gasteiger partial charge is 0.330 e. The molecule has 1 rings (SSSR count). The van der Waals surface area contributed by atoms with Gasteiger partial charge in [0.25, 0.3) is 0 Å². The highest BCUT2D eigenvalue weighted by Crippen LogP contribution is 2.17. The molecule has 1 aromatic carbocycles. The monoisotopic (exact) mass is 242 g/mol. The van der Waals surface area contributed by atoms with Gasteiger partial charge in [-0.25, -0.2) is 0 Å². The van der Waals surface area contributed by atoms with Crippen LogP contribution in [0.1, 0.15) is 43.4 Å². The third kappa shape index (κ3) is 4.97. The number of nitrogens with two attached hydrogens (primary N) is 2. The zero-order valence-corrected chi connectivity index (χ0v) is 10.8. The summed E-state index contributed by atoms with van der Waals surface area (Å²) in [6.45, 7) is 2.93. The van der Waals surface area contributed by atoms with Gasteiger partial charge < -0.3 is 11.5 Å². The molecule has 0 saturated carbocycles. The van der Waals surface area contributed by atoms with E-state index in [-0.39, 0.29) is 18.4 Å². The van der Waals surface area contributed by atoms with Crippen molar-refractivity contribution < 1.29 is 0 Å². The normalized spacial score (nSPS) is 11.9. The van der Waals surface area contributed by atoms with Crippen molar-refractivity contribution in [1.82, 2.24) is 0 Å². The minimum Gasteiger partial charge on any atom is -0.330 e. The predicted molar refractivity (Wildman–Crippen MR) is 72.9 cm³/mol. The minimum absolute atomic E-state index is 0. The van der Waals surface area contributed by atoms with Crippen LogP contribution < -0.4 is 11.5 Å². The van der Waals surface area contributed by atoms with E-state index in [1.54, 1.807) is 0 Å². The summed E-state index contributed by atoms with van der Waals surface area (Å²) in [5.41, 5.74) is 14.1. The summed E-state index contributed by atoms with van der Waals surface area (Å²) in [5.74, 6) is 0. The Balaban J connectivity index is 0.00000225. The van der Waals surface area contributed by atoms with Crippen LogP contribution in [0.3, 0.4) is 0 Å². The molecular formula is C13H23ClN2. The molecule has 0 fully saturated rings. The highest BCUT2D eigenvalue weighted by molar-refractivity contribution is 5.85. The molecule has 0 aromatic heterocycles. The number of hydrogen-bond acceptors (Lipinski definition) is 2. The molecule has 0 saturated heterocycles.